The first-order valence-electron chi connectivity index (χ1n) is 8.12. The second-order valence-corrected chi connectivity index (χ2v) is 6.38. The third-order valence-electron chi connectivity index (χ3n) is 3.71. The third-order valence-corrected chi connectivity index (χ3v) is 3.97. The molecular formula is C17H25Cl2N3O2. The molecule has 1 aliphatic carbocycles. The van der Waals surface area contributed by atoms with E-state index in [1.54, 1.807) is 29.2 Å². The standard InChI is InChI=1S/C17H24ClN3O2.ClH/c1-2-9-21(17(23)11-19-10-13-3-4-13)12-16(22)20-15-7-5-14(18)6-8-15;/h5-8,13,19H,2-4,9-12H2,1H3,(H,20,22);1H. The van der Waals surface area contributed by atoms with Crippen molar-refractivity contribution < 1.29 is 9.59 Å². The van der Waals surface area contributed by atoms with Gasteiger partial charge < -0.3 is 15.5 Å². The van der Waals surface area contributed by atoms with Crippen LogP contribution in [0.4, 0.5) is 5.69 Å². The van der Waals surface area contributed by atoms with Crippen molar-refractivity contribution >= 4 is 41.5 Å². The van der Waals surface area contributed by atoms with Crippen molar-refractivity contribution in [2.24, 2.45) is 5.92 Å². The topological polar surface area (TPSA) is 61.4 Å². The third kappa shape index (κ3) is 7.51. The Morgan fingerprint density at radius 2 is 1.92 bits per heavy atom. The summed E-state index contributed by atoms with van der Waals surface area (Å²) in [7, 11) is 0. The lowest BCUT2D eigenvalue weighted by Crippen LogP contribution is -2.43. The van der Waals surface area contributed by atoms with Crippen LogP contribution < -0.4 is 10.6 Å². The molecule has 0 unspecified atom stereocenters. The lowest BCUT2D eigenvalue weighted by Gasteiger charge is -2.22. The zero-order valence-electron chi connectivity index (χ0n) is 13.9. The van der Waals surface area contributed by atoms with E-state index in [0.29, 0.717) is 23.8 Å². The van der Waals surface area contributed by atoms with E-state index in [4.69, 9.17) is 11.6 Å². The number of hydrogen-bond donors (Lipinski definition) is 2. The number of halogens is 2. The Morgan fingerprint density at radius 3 is 2.50 bits per heavy atom. The van der Waals surface area contributed by atoms with Crippen molar-refractivity contribution in [2.45, 2.75) is 26.2 Å². The van der Waals surface area contributed by atoms with Crippen molar-refractivity contribution in [1.82, 2.24) is 10.2 Å². The zero-order chi connectivity index (χ0) is 16.7. The Balaban J connectivity index is 0.00000288. The molecule has 0 aromatic heterocycles. The normalized spacial score (nSPS) is 13.1. The molecule has 2 rings (SSSR count). The lowest BCUT2D eigenvalue weighted by molar-refractivity contribution is -0.133. The summed E-state index contributed by atoms with van der Waals surface area (Å²) < 4.78 is 0. The van der Waals surface area contributed by atoms with Crippen LogP contribution in [-0.2, 0) is 9.59 Å². The zero-order valence-corrected chi connectivity index (χ0v) is 15.5. The first-order chi connectivity index (χ1) is 11.1. The summed E-state index contributed by atoms with van der Waals surface area (Å²) in [5, 5.41) is 6.58. The molecule has 1 aliphatic rings. The van der Waals surface area contributed by atoms with Gasteiger partial charge in [-0.2, -0.15) is 0 Å². The second kappa shape index (κ2) is 10.5. The van der Waals surface area contributed by atoms with Gasteiger partial charge in [-0.1, -0.05) is 18.5 Å². The highest BCUT2D eigenvalue weighted by Crippen LogP contribution is 2.27. The van der Waals surface area contributed by atoms with Crippen molar-refractivity contribution in [2.75, 3.05) is 31.5 Å². The fraction of sp³-hybridized carbons (Fsp3) is 0.529. The number of carbonyl (C=O) groups is 2. The van der Waals surface area contributed by atoms with Gasteiger partial charge in [-0.05, 0) is 56.0 Å². The highest BCUT2D eigenvalue weighted by atomic mass is 35.5. The van der Waals surface area contributed by atoms with Crippen LogP contribution in [0.15, 0.2) is 24.3 Å². The number of amides is 2. The second-order valence-electron chi connectivity index (χ2n) is 5.94. The molecule has 0 atom stereocenters. The van der Waals surface area contributed by atoms with Crippen molar-refractivity contribution in [3.05, 3.63) is 29.3 Å². The number of nitrogens with one attached hydrogen (secondary N) is 2. The smallest absolute Gasteiger partial charge is 0.243 e. The van der Waals surface area contributed by atoms with E-state index in [1.807, 2.05) is 6.92 Å². The van der Waals surface area contributed by atoms with Gasteiger partial charge in [-0.3, -0.25) is 9.59 Å². The Morgan fingerprint density at radius 1 is 1.25 bits per heavy atom. The molecule has 7 heteroatoms. The van der Waals surface area contributed by atoms with E-state index >= 15 is 0 Å². The van der Waals surface area contributed by atoms with Crippen LogP contribution in [-0.4, -0.2) is 42.9 Å². The molecule has 0 aliphatic heterocycles. The van der Waals surface area contributed by atoms with Crippen LogP contribution in [0.2, 0.25) is 5.02 Å². The summed E-state index contributed by atoms with van der Waals surface area (Å²) in [6.07, 6.45) is 3.33. The highest BCUT2D eigenvalue weighted by molar-refractivity contribution is 6.30. The molecule has 2 N–H and O–H groups in total. The molecule has 0 bridgehead atoms. The fourth-order valence-corrected chi connectivity index (χ4v) is 2.41. The molecule has 134 valence electrons. The molecule has 5 nitrogen and oxygen atoms in total. The largest absolute Gasteiger partial charge is 0.332 e. The summed E-state index contributed by atoms with van der Waals surface area (Å²) in [5.41, 5.74) is 0.676. The van der Waals surface area contributed by atoms with Gasteiger partial charge in [0.25, 0.3) is 0 Å². The average molecular weight is 374 g/mol. The van der Waals surface area contributed by atoms with E-state index in [9.17, 15) is 9.59 Å². The fourth-order valence-electron chi connectivity index (χ4n) is 2.29. The Kier molecular flexibility index (Phi) is 9.11. The van der Waals surface area contributed by atoms with Gasteiger partial charge in [-0.15, -0.1) is 12.4 Å². The van der Waals surface area contributed by atoms with Crippen LogP contribution in [0.1, 0.15) is 26.2 Å². The minimum atomic E-state index is -0.198. The monoisotopic (exact) mass is 373 g/mol. The van der Waals surface area contributed by atoms with Gasteiger partial charge in [0.15, 0.2) is 0 Å². The predicted octanol–water partition coefficient (Wildman–Crippen LogP) is 2.94. The van der Waals surface area contributed by atoms with E-state index < -0.39 is 0 Å². The minimum absolute atomic E-state index is 0. The first kappa shape index (κ1) is 20.7. The summed E-state index contributed by atoms with van der Waals surface area (Å²) in [6, 6.07) is 6.91. The number of benzene rings is 1. The van der Waals surface area contributed by atoms with Crippen LogP contribution in [0.3, 0.4) is 0 Å². The average Bonchev–Trinajstić information content (AvgIpc) is 3.33. The van der Waals surface area contributed by atoms with Crippen LogP contribution in [0.5, 0.6) is 0 Å². The summed E-state index contributed by atoms with van der Waals surface area (Å²) in [6.45, 7) is 3.83. The quantitative estimate of drug-likeness (QED) is 0.699. The Bertz CT molecular complexity index is 533. The molecule has 0 heterocycles. The summed E-state index contributed by atoms with van der Waals surface area (Å²) >= 11 is 5.82. The van der Waals surface area contributed by atoms with Gasteiger partial charge in [0, 0.05) is 17.3 Å². The van der Waals surface area contributed by atoms with Gasteiger partial charge in [0.05, 0.1) is 13.1 Å². The molecule has 0 radical (unpaired) electrons. The van der Waals surface area contributed by atoms with Crippen molar-refractivity contribution in [1.29, 1.82) is 0 Å². The number of carbonyl (C=O) groups excluding carboxylic acids is 2. The lowest BCUT2D eigenvalue weighted by atomic mass is 10.3. The number of anilines is 1. The minimum Gasteiger partial charge on any atom is -0.332 e. The summed E-state index contributed by atoms with van der Waals surface area (Å²) in [5.74, 6) is 0.505. The van der Waals surface area contributed by atoms with Crippen molar-refractivity contribution in [3.8, 4) is 0 Å². The molecule has 0 saturated heterocycles. The molecule has 1 aromatic rings. The Hall–Kier alpha value is -1.30. The number of hydrogen-bond acceptors (Lipinski definition) is 3. The maximum atomic E-state index is 12.2. The number of rotatable bonds is 9. The molecular weight excluding hydrogens is 349 g/mol. The Labute approximate surface area is 154 Å². The summed E-state index contributed by atoms with van der Waals surface area (Å²) in [4.78, 5) is 26.0. The molecule has 1 saturated carbocycles. The van der Waals surface area contributed by atoms with E-state index in [1.165, 1.54) is 12.8 Å². The maximum Gasteiger partial charge on any atom is 0.243 e. The van der Waals surface area contributed by atoms with Gasteiger partial charge in [0.1, 0.15) is 0 Å². The maximum absolute atomic E-state index is 12.2. The van der Waals surface area contributed by atoms with Crippen LogP contribution in [0, 0.1) is 5.92 Å². The van der Waals surface area contributed by atoms with E-state index in [2.05, 4.69) is 10.6 Å². The SMILES string of the molecule is CCCN(CC(=O)Nc1ccc(Cl)cc1)C(=O)CNCC1CC1.Cl. The first-order valence-corrected chi connectivity index (χ1v) is 8.50. The number of nitrogens with zero attached hydrogens (tertiary/aromatic N) is 1. The van der Waals surface area contributed by atoms with E-state index in [-0.39, 0.29) is 30.8 Å². The van der Waals surface area contributed by atoms with Gasteiger partial charge >= 0.3 is 0 Å². The van der Waals surface area contributed by atoms with Crippen LogP contribution in [0.25, 0.3) is 0 Å². The van der Waals surface area contributed by atoms with E-state index in [0.717, 1.165) is 18.9 Å². The van der Waals surface area contributed by atoms with Gasteiger partial charge in [0.2, 0.25) is 11.8 Å². The molecule has 2 amide bonds. The molecule has 24 heavy (non-hydrogen) atoms. The predicted molar refractivity (Wildman–Crippen MR) is 99.8 cm³/mol. The van der Waals surface area contributed by atoms with Crippen molar-refractivity contribution in [3.63, 3.8) is 0 Å². The molecule has 0 spiro atoms. The van der Waals surface area contributed by atoms with Gasteiger partial charge in [-0.25, -0.2) is 0 Å². The highest BCUT2D eigenvalue weighted by Gasteiger charge is 2.22. The molecule has 1 aromatic carbocycles. The van der Waals surface area contributed by atoms with Crippen LogP contribution >= 0.6 is 24.0 Å². The molecule has 1 fully saturated rings.